The second kappa shape index (κ2) is 7.22. The Hall–Kier alpha value is -0.160. The quantitative estimate of drug-likeness (QED) is 0.680. The van der Waals surface area contributed by atoms with Gasteiger partial charge < -0.3 is 19.9 Å². The molecule has 0 saturated carbocycles. The molecule has 96 valence electrons. The van der Waals surface area contributed by atoms with Gasteiger partial charge in [-0.05, 0) is 19.3 Å². The first-order valence-corrected chi connectivity index (χ1v) is 6.17. The topological polar surface area (TPSA) is 50.7 Å². The summed E-state index contributed by atoms with van der Waals surface area (Å²) in [6, 6.07) is 0.385. The third-order valence-electron chi connectivity index (χ3n) is 3.52. The fourth-order valence-corrected chi connectivity index (χ4v) is 2.08. The molecule has 1 aliphatic heterocycles. The second-order valence-corrected chi connectivity index (χ2v) is 4.71. The lowest BCUT2D eigenvalue weighted by atomic mass is 9.81. The van der Waals surface area contributed by atoms with Crippen molar-refractivity contribution < 1.29 is 14.6 Å². The maximum atomic E-state index is 9.53. The van der Waals surface area contributed by atoms with Crippen LogP contribution in [-0.4, -0.2) is 51.2 Å². The van der Waals surface area contributed by atoms with Gasteiger partial charge in [0.05, 0.1) is 13.2 Å². The van der Waals surface area contributed by atoms with Crippen LogP contribution in [0.15, 0.2) is 0 Å². The molecular formula is C12H25NO3. The van der Waals surface area contributed by atoms with Crippen molar-refractivity contribution in [1.82, 2.24) is 5.32 Å². The normalized spacial score (nSPS) is 21.9. The number of hydrogen-bond donors (Lipinski definition) is 2. The van der Waals surface area contributed by atoms with Gasteiger partial charge >= 0.3 is 0 Å². The first-order chi connectivity index (χ1) is 7.76. The van der Waals surface area contributed by atoms with Crippen LogP contribution in [0.25, 0.3) is 0 Å². The van der Waals surface area contributed by atoms with Crippen LogP contribution in [-0.2, 0) is 9.47 Å². The minimum Gasteiger partial charge on any atom is -0.396 e. The maximum Gasteiger partial charge on any atom is 0.0615 e. The molecule has 2 N–H and O–H groups in total. The van der Waals surface area contributed by atoms with E-state index < -0.39 is 0 Å². The van der Waals surface area contributed by atoms with Crippen molar-refractivity contribution >= 4 is 0 Å². The fraction of sp³-hybridized carbons (Fsp3) is 1.00. The summed E-state index contributed by atoms with van der Waals surface area (Å²) in [5.74, 6) is 0. The summed E-state index contributed by atoms with van der Waals surface area (Å²) >= 11 is 0. The van der Waals surface area contributed by atoms with E-state index in [4.69, 9.17) is 9.47 Å². The highest BCUT2D eigenvalue weighted by Gasteiger charge is 2.32. The van der Waals surface area contributed by atoms with Crippen LogP contribution >= 0.6 is 0 Å². The minimum atomic E-state index is 0.0133. The Balaban J connectivity index is 2.36. The Morgan fingerprint density at radius 3 is 2.62 bits per heavy atom. The third-order valence-corrected chi connectivity index (χ3v) is 3.52. The van der Waals surface area contributed by atoms with Gasteiger partial charge in [0.1, 0.15) is 0 Å². The molecule has 0 bridgehead atoms. The van der Waals surface area contributed by atoms with Crippen molar-refractivity contribution in [2.45, 2.75) is 32.2 Å². The highest BCUT2D eigenvalue weighted by molar-refractivity contribution is 4.84. The van der Waals surface area contributed by atoms with E-state index in [9.17, 15) is 5.11 Å². The molecule has 0 aromatic carbocycles. The van der Waals surface area contributed by atoms with E-state index in [-0.39, 0.29) is 12.0 Å². The van der Waals surface area contributed by atoms with Gasteiger partial charge in [0.25, 0.3) is 0 Å². The Kier molecular flexibility index (Phi) is 6.28. The van der Waals surface area contributed by atoms with Crippen LogP contribution in [0.1, 0.15) is 26.2 Å². The minimum absolute atomic E-state index is 0.0133. The SMILES string of the molecule is CCC(COC)NCC1(CO)CCOCC1. The predicted molar refractivity (Wildman–Crippen MR) is 63.5 cm³/mol. The van der Waals surface area contributed by atoms with Gasteiger partial charge in [-0.2, -0.15) is 0 Å². The van der Waals surface area contributed by atoms with Crippen molar-refractivity contribution in [3.8, 4) is 0 Å². The number of hydrogen-bond acceptors (Lipinski definition) is 4. The van der Waals surface area contributed by atoms with Gasteiger partial charge in [-0.15, -0.1) is 0 Å². The highest BCUT2D eigenvalue weighted by Crippen LogP contribution is 2.29. The van der Waals surface area contributed by atoms with Crippen molar-refractivity contribution in [2.75, 3.05) is 40.1 Å². The van der Waals surface area contributed by atoms with Crippen LogP contribution < -0.4 is 5.32 Å². The van der Waals surface area contributed by atoms with Gasteiger partial charge in [0, 0.05) is 38.3 Å². The lowest BCUT2D eigenvalue weighted by Gasteiger charge is -2.36. The van der Waals surface area contributed by atoms with Crippen molar-refractivity contribution in [3.05, 3.63) is 0 Å². The number of aliphatic hydroxyl groups excluding tert-OH is 1. The molecule has 0 radical (unpaired) electrons. The van der Waals surface area contributed by atoms with Gasteiger partial charge in [-0.1, -0.05) is 6.92 Å². The molecule has 16 heavy (non-hydrogen) atoms. The summed E-state index contributed by atoms with van der Waals surface area (Å²) in [5.41, 5.74) is 0.0133. The van der Waals surface area contributed by atoms with Gasteiger partial charge in [-0.3, -0.25) is 0 Å². The summed E-state index contributed by atoms with van der Waals surface area (Å²) in [6.45, 7) is 5.51. The number of rotatable bonds is 7. The molecule has 0 spiro atoms. The maximum absolute atomic E-state index is 9.53. The zero-order valence-corrected chi connectivity index (χ0v) is 10.5. The van der Waals surface area contributed by atoms with E-state index in [2.05, 4.69) is 12.2 Å². The van der Waals surface area contributed by atoms with E-state index >= 15 is 0 Å². The molecule has 0 aromatic heterocycles. The highest BCUT2D eigenvalue weighted by atomic mass is 16.5. The number of nitrogens with one attached hydrogen (secondary N) is 1. The van der Waals surface area contributed by atoms with E-state index in [1.54, 1.807) is 7.11 Å². The molecular weight excluding hydrogens is 206 g/mol. The molecule has 1 unspecified atom stereocenters. The van der Waals surface area contributed by atoms with Gasteiger partial charge in [0.2, 0.25) is 0 Å². The lowest BCUT2D eigenvalue weighted by molar-refractivity contribution is -0.0178. The molecule has 0 aromatic rings. The second-order valence-electron chi connectivity index (χ2n) is 4.71. The smallest absolute Gasteiger partial charge is 0.0615 e. The van der Waals surface area contributed by atoms with Crippen molar-refractivity contribution in [2.24, 2.45) is 5.41 Å². The molecule has 1 heterocycles. The van der Waals surface area contributed by atoms with E-state index in [0.717, 1.165) is 45.6 Å². The Labute approximate surface area is 98.3 Å². The summed E-state index contributed by atoms with van der Waals surface area (Å²) in [7, 11) is 1.72. The first-order valence-electron chi connectivity index (χ1n) is 6.17. The first kappa shape index (κ1) is 13.9. The fourth-order valence-electron chi connectivity index (χ4n) is 2.08. The van der Waals surface area contributed by atoms with Crippen LogP contribution in [0.3, 0.4) is 0 Å². The van der Waals surface area contributed by atoms with E-state index in [1.165, 1.54) is 0 Å². The summed E-state index contributed by atoms with van der Waals surface area (Å²) in [4.78, 5) is 0. The van der Waals surface area contributed by atoms with Crippen molar-refractivity contribution in [1.29, 1.82) is 0 Å². The Morgan fingerprint density at radius 1 is 1.44 bits per heavy atom. The van der Waals surface area contributed by atoms with Crippen LogP contribution in [0.5, 0.6) is 0 Å². The largest absolute Gasteiger partial charge is 0.396 e. The van der Waals surface area contributed by atoms with Gasteiger partial charge in [0.15, 0.2) is 0 Å². The third kappa shape index (κ3) is 4.01. The van der Waals surface area contributed by atoms with Crippen LogP contribution in [0.4, 0.5) is 0 Å². The van der Waals surface area contributed by atoms with Crippen LogP contribution in [0, 0.1) is 5.41 Å². The molecule has 1 rings (SSSR count). The summed E-state index contributed by atoms with van der Waals surface area (Å²) in [5, 5.41) is 13.0. The number of methoxy groups -OCH3 is 1. The molecule has 4 nitrogen and oxygen atoms in total. The molecule has 4 heteroatoms. The zero-order valence-electron chi connectivity index (χ0n) is 10.5. The Morgan fingerprint density at radius 2 is 2.12 bits per heavy atom. The molecule has 1 saturated heterocycles. The molecule has 1 fully saturated rings. The van der Waals surface area contributed by atoms with Crippen molar-refractivity contribution in [3.63, 3.8) is 0 Å². The molecule has 1 atom stereocenters. The summed E-state index contributed by atoms with van der Waals surface area (Å²) in [6.07, 6.45) is 2.94. The number of ether oxygens (including phenoxy) is 2. The monoisotopic (exact) mass is 231 g/mol. The lowest BCUT2D eigenvalue weighted by Crippen LogP contribution is -2.46. The van der Waals surface area contributed by atoms with E-state index in [1.807, 2.05) is 0 Å². The van der Waals surface area contributed by atoms with Gasteiger partial charge in [-0.25, -0.2) is 0 Å². The van der Waals surface area contributed by atoms with E-state index in [0.29, 0.717) is 6.04 Å². The van der Waals surface area contributed by atoms with Crippen LogP contribution in [0.2, 0.25) is 0 Å². The summed E-state index contributed by atoms with van der Waals surface area (Å²) < 4.78 is 10.5. The molecule has 0 amide bonds. The zero-order chi connectivity index (χ0) is 11.9. The average molecular weight is 231 g/mol. The average Bonchev–Trinajstić information content (AvgIpc) is 2.35. The predicted octanol–water partition coefficient (Wildman–Crippen LogP) is 0.790. The standard InChI is InChI=1S/C12H25NO3/c1-3-11(8-15-2)13-9-12(10-14)4-6-16-7-5-12/h11,13-14H,3-10H2,1-2H3. The Bertz CT molecular complexity index is 181. The molecule has 1 aliphatic rings. The number of aliphatic hydroxyl groups is 1. The molecule has 0 aliphatic carbocycles.